The summed E-state index contributed by atoms with van der Waals surface area (Å²) in [6.45, 7) is 6.04. The van der Waals surface area contributed by atoms with E-state index in [4.69, 9.17) is 4.74 Å². The van der Waals surface area contributed by atoms with Crippen LogP contribution in [0.25, 0.3) is 0 Å². The molecule has 0 amide bonds. The SMILES string of the molecule is CCCN=C(NCC)NC1CC2CCC1O2.I. The molecule has 2 N–H and O–H groups in total. The number of aliphatic imine (C=N–C) groups is 1. The second-order valence-corrected chi connectivity index (χ2v) is 4.62. The molecule has 17 heavy (non-hydrogen) atoms. The molecule has 2 rings (SSSR count). The van der Waals surface area contributed by atoms with Crippen molar-refractivity contribution < 1.29 is 4.74 Å². The summed E-state index contributed by atoms with van der Waals surface area (Å²) in [6.07, 6.45) is 5.58. The number of fused-ring (bicyclic) bond motifs is 2. The number of nitrogens with zero attached hydrogens (tertiary/aromatic N) is 1. The summed E-state index contributed by atoms with van der Waals surface area (Å²) < 4.78 is 5.82. The van der Waals surface area contributed by atoms with E-state index >= 15 is 0 Å². The molecule has 2 heterocycles. The van der Waals surface area contributed by atoms with Crippen molar-refractivity contribution in [2.75, 3.05) is 13.1 Å². The minimum atomic E-state index is 0. The number of rotatable bonds is 4. The fourth-order valence-corrected chi connectivity index (χ4v) is 2.51. The summed E-state index contributed by atoms with van der Waals surface area (Å²) in [6, 6.07) is 0.466. The molecule has 2 aliphatic rings. The van der Waals surface area contributed by atoms with E-state index in [-0.39, 0.29) is 24.0 Å². The van der Waals surface area contributed by atoms with Gasteiger partial charge in [0, 0.05) is 13.1 Å². The van der Waals surface area contributed by atoms with Crippen molar-refractivity contribution >= 4 is 29.9 Å². The van der Waals surface area contributed by atoms with E-state index in [0.717, 1.165) is 31.9 Å². The van der Waals surface area contributed by atoms with Crippen molar-refractivity contribution in [2.45, 2.75) is 57.8 Å². The zero-order chi connectivity index (χ0) is 11.4. The molecule has 0 aromatic carbocycles. The molecule has 2 aliphatic heterocycles. The van der Waals surface area contributed by atoms with Crippen molar-refractivity contribution in [3.8, 4) is 0 Å². The Morgan fingerprint density at radius 3 is 2.71 bits per heavy atom. The first kappa shape index (κ1) is 15.0. The average Bonchev–Trinajstić information content (AvgIpc) is 2.88. The van der Waals surface area contributed by atoms with E-state index in [2.05, 4.69) is 29.5 Å². The summed E-state index contributed by atoms with van der Waals surface area (Å²) >= 11 is 0. The van der Waals surface area contributed by atoms with Crippen molar-refractivity contribution in [3.05, 3.63) is 0 Å². The van der Waals surface area contributed by atoms with E-state index in [0.29, 0.717) is 18.2 Å². The van der Waals surface area contributed by atoms with Crippen LogP contribution in [0.15, 0.2) is 4.99 Å². The number of hydrogen-bond acceptors (Lipinski definition) is 2. The number of ether oxygens (including phenoxy) is 1. The average molecular weight is 353 g/mol. The third-order valence-corrected chi connectivity index (χ3v) is 3.27. The summed E-state index contributed by atoms with van der Waals surface area (Å²) in [4.78, 5) is 4.52. The molecule has 0 radical (unpaired) electrons. The summed E-state index contributed by atoms with van der Waals surface area (Å²) in [5, 5.41) is 6.78. The van der Waals surface area contributed by atoms with E-state index in [1.165, 1.54) is 12.8 Å². The van der Waals surface area contributed by atoms with Gasteiger partial charge in [-0.1, -0.05) is 6.92 Å². The molecule has 0 spiro atoms. The first-order valence-corrected chi connectivity index (χ1v) is 6.53. The van der Waals surface area contributed by atoms with Crippen LogP contribution >= 0.6 is 24.0 Å². The topological polar surface area (TPSA) is 45.7 Å². The Balaban J connectivity index is 0.00000144. The van der Waals surface area contributed by atoms with Gasteiger partial charge in [-0.15, -0.1) is 24.0 Å². The Kier molecular flexibility index (Phi) is 6.54. The van der Waals surface area contributed by atoms with Crippen LogP contribution in [0.4, 0.5) is 0 Å². The molecule has 0 saturated carbocycles. The monoisotopic (exact) mass is 353 g/mol. The lowest BCUT2D eigenvalue weighted by molar-refractivity contribution is 0.0992. The second kappa shape index (κ2) is 7.41. The largest absolute Gasteiger partial charge is 0.373 e. The van der Waals surface area contributed by atoms with Gasteiger partial charge in [-0.2, -0.15) is 0 Å². The molecular formula is C12H24IN3O. The summed E-state index contributed by atoms with van der Waals surface area (Å²) in [5.41, 5.74) is 0. The van der Waals surface area contributed by atoms with Gasteiger partial charge in [0.25, 0.3) is 0 Å². The maximum atomic E-state index is 5.82. The van der Waals surface area contributed by atoms with Crippen LogP contribution in [0.3, 0.4) is 0 Å². The second-order valence-electron chi connectivity index (χ2n) is 4.62. The van der Waals surface area contributed by atoms with Crippen LogP contribution < -0.4 is 10.6 Å². The smallest absolute Gasteiger partial charge is 0.191 e. The van der Waals surface area contributed by atoms with E-state index in [1.54, 1.807) is 0 Å². The predicted molar refractivity (Wildman–Crippen MR) is 81.1 cm³/mol. The third-order valence-electron chi connectivity index (χ3n) is 3.27. The van der Waals surface area contributed by atoms with Crippen molar-refractivity contribution in [3.63, 3.8) is 0 Å². The van der Waals surface area contributed by atoms with Crippen molar-refractivity contribution in [1.29, 1.82) is 0 Å². The Morgan fingerprint density at radius 2 is 2.18 bits per heavy atom. The van der Waals surface area contributed by atoms with Gasteiger partial charge in [0.05, 0.1) is 18.2 Å². The normalized spacial score (nSPS) is 31.2. The lowest BCUT2D eigenvalue weighted by Gasteiger charge is -2.22. The molecule has 2 bridgehead atoms. The predicted octanol–water partition coefficient (Wildman–Crippen LogP) is 1.89. The molecule has 2 saturated heterocycles. The third kappa shape index (κ3) is 3.98. The maximum Gasteiger partial charge on any atom is 0.191 e. The molecule has 5 heteroatoms. The number of nitrogens with one attached hydrogen (secondary N) is 2. The standard InChI is InChI=1S/C12H23N3O.HI/c1-3-7-14-12(13-4-2)15-10-8-9-5-6-11(10)16-9;/h9-11H,3-8H2,1-2H3,(H2,13,14,15);1H. The summed E-state index contributed by atoms with van der Waals surface area (Å²) in [7, 11) is 0. The van der Waals surface area contributed by atoms with Crippen LogP contribution in [0.2, 0.25) is 0 Å². The van der Waals surface area contributed by atoms with Gasteiger partial charge in [-0.3, -0.25) is 4.99 Å². The fourth-order valence-electron chi connectivity index (χ4n) is 2.51. The minimum Gasteiger partial charge on any atom is -0.373 e. The van der Waals surface area contributed by atoms with Crippen molar-refractivity contribution in [2.24, 2.45) is 4.99 Å². The van der Waals surface area contributed by atoms with Crippen LogP contribution in [-0.2, 0) is 4.74 Å². The van der Waals surface area contributed by atoms with Crippen LogP contribution in [0, 0.1) is 0 Å². The van der Waals surface area contributed by atoms with Gasteiger partial charge < -0.3 is 15.4 Å². The highest BCUT2D eigenvalue weighted by Crippen LogP contribution is 2.34. The van der Waals surface area contributed by atoms with E-state index < -0.39 is 0 Å². The molecule has 3 unspecified atom stereocenters. The molecule has 3 atom stereocenters. The maximum absolute atomic E-state index is 5.82. The van der Waals surface area contributed by atoms with Gasteiger partial charge >= 0.3 is 0 Å². The van der Waals surface area contributed by atoms with Gasteiger partial charge in [0.15, 0.2) is 5.96 Å². The minimum absolute atomic E-state index is 0. The Morgan fingerprint density at radius 1 is 1.35 bits per heavy atom. The Hall–Kier alpha value is -0.0400. The summed E-state index contributed by atoms with van der Waals surface area (Å²) in [5.74, 6) is 0.950. The highest BCUT2D eigenvalue weighted by molar-refractivity contribution is 14.0. The highest BCUT2D eigenvalue weighted by Gasteiger charge is 2.40. The molecule has 0 aromatic rings. The van der Waals surface area contributed by atoms with Gasteiger partial charge in [0.1, 0.15) is 0 Å². The first-order valence-electron chi connectivity index (χ1n) is 6.53. The van der Waals surface area contributed by atoms with E-state index in [9.17, 15) is 0 Å². The lowest BCUT2D eigenvalue weighted by atomic mass is 9.96. The zero-order valence-electron chi connectivity index (χ0n) is 10.7. The fraction of sp³-hybridized carbons (Fsp3) is 0.917. The molecule has 2 fully saturated rings. The van der Waals surface area contributed by atoms with Gasteiger partial charge in [0.2, 0.25) is 0 Å². The molecule has 0 aromatic heterocycles. The Labute approximate surface area is 121 Å². The first-order chi connectivity index (χ1) is 7.83. The zero-order valence-corrected chi connectivity index (χ0v) is 13.1. The quantitative estimate of drug-likeness (QED) is 0.461. The van der Waals surface area contributed by atoms with Gasteiger partial charge in [-0.25, -0.2) is 0 Å². The van der Waals surface area contributed by atoms with Crippen LogP contribution in [-0.4, -0.2) is 37.3 Å². The highest BCUT2D eigenvalue weighted by atomic mass is 127. The van der Waals surface area contributed by atoms with Crippen molar-refractivity contribution in [1.82, 2.24) is 10.6 Å². The molecular weight excluding hydrogens is 329 g/mol. The van der Waals surface area contributed by atoms with Crippen LogP contribution in [0.1, 0.15) is 39.5 Å². The lowest BCUT2D eigenvalue weighted by Crippen LogP contribution is -2.47. The molecule has 4 nitrogen and oxygen atoms in total. The van der Waals surface area contributed by atoms with E-state index in [1.807, 2.05) is 0 Å². The van der Waals surface area contributed by atoms with Crippen LogP contribution in [0.5, 0.6) is 0 Å². The molecule has 100 valence electrons. The molecule has 0 aliphatic carbocycles. The number of halogens is 1. The number of guanidine groups is 1. The number of hydrogen-bond donors (Lipinski definition) is 2. The van der Waals surface area contributed by atoms with Gasteiger partial charge in [-0.05, 0) is 32.6 Å². The Bertz CT molecular complexity index is 260.